The van der Waals surface area contributed by atoms with Crippen LogP contribution in [0.25, 0.3) is 0 Å². The summed E-state index contributed by atoms with van der Waals surface area (Å²) in [6, 6.07) is 7.79. The number of anilines is 1. The maximum Gasteiger partial charge on any atom is 0.228 e. The molecule has 0 spiro atoms. The third-order valence-corrected chi connectivity index (χ3v) is 5.14. The van der Waals surface area contributed by atoms with E-state index >= 15 is 0 Å². The number of aromatic nitrogens is 2. The van der Waals surface area contributed by atoms with E-state index in [9.17, 15) is 9.59 Å². The highest BCUT2D eigenvalue weighted by Crippen LogP contribution is 2.27. The molecule has 28 heavy (non-hydrogen) atoms. The zero-order valence-corrected chi connectivity index (χ0v) is 16.6. The number of carbonyl (C=O) groups is 2. The van der Waals surface area contributed by atoms with E-state index in [-0.39, 0.29) is 12.5 Å². The van der Waals surface area contributed by atoms with Gasteiger partial charge in [-0.3, -0.25) is 14.3 Å². The van der Waals surface area contributed by atoms with Crippen molar-refractivity contribution in [3.05, 3.63) is 41.7 Å². The van der Waals surface area contributed by atoms with Crippen LogP contribution in [0, 0.1) is 0 Å². The van der Waals surface area contributed by atoms with Crippen LogP contribution >= 0.6 is 0 Å². The molecule has 8 nitrogen and oxygen atoms in total. The molecule has 2 amide bonds. The maximum absolute atomic E-state index is 12.8. The van der Waals surface area contributed by atoms with Crippen LogP contribution < -0.4 is 15.4 Å². The monoisotopic (exact) mass is 385 g/mol. The fraction of sp³-hybridized carbons (Fsp3) is 0.450. The van der Waals surface area contributed by atoms with Gasteiger partial charge in [0.25, 0.3) is 0 Å². The number of fused-ring (bicyclic) bond motifs is 1. The lowest BCUT2D eigenvalue weighted by molar-refractivity contribution is -0.133. The molecule has 2 N–H and O–H groups in total. The van der Waals surface area contributed by atoms with Crippen LogP contribution in [0.2, 0.25) is 0 Å². The Bertz CT molecular complexity index is 846. The smallest absolute Gasteiger partial charge is 0.228 e. The molecular formula is C20H27N5O3. The van der Waals surface area contributed by atoms with Crippen LogP contribution in [0.1, 0.15) is 30.5 Å². The van der Waals surface area contributed by atoms with Crippen molar-refractivity contribution in [1.29, 1.82) is 0 Å². The molecule has 0 radical (unpaired) electrons. The molecule has 0 aliphatic carbocycles. The summed E-state index contributed by atoms with van der Waals surface area (Å²) in [5, 5.41) is 4.35. The molecule has 0 saturated carbocycles. The molecule has 150 valence electrons. The van der Waals surface area contributed by atoms with Crippen molar-refractivity contribution in [1.82, 2.24) is 14.7 Å². The molecule has 1 aliphatic heterocycles. The number of hydrogen-bond acceptors (Lipinski definition) is 5. The molecule has 0 bridgehead atoms. The number of methoxy groups -OCH3 is 1. The maximum atomic E-state index is 12.8. The Morgan fingerprint density at radius 3 is 2.64 bits per heavy atom. The van der Waals surface area contributed by atoms with Crippen molar-refractivity contribution < 1.29 is 14.3 Å². The van der Waals surface area contributed by atoms with Crippen LogP contribution in [0.5, 0.6) is 5.75 Å². The number of hydrogen-bond donors (Lipinski definition) is 1. The summed E-state index contributed by atoms with van der Waals surface area (Å²) in [5.41, 5.74) is 8.16. The molecule has 1 atom stereocenters. The summed E-state index contributed by atoms with van der Waals surface area (Å²) in [6.07, 6.45) is 2.21. The Balaban J connectivity index is 1.66. The predicted molar refractivity (Wildman–Crippen MR) is 106 cm³/mol. The van der Waals surface area contributed by atoms with Crippen molar-refractivity contribution in [2.24, 2.45) is 12.8 Å². The van der Waals surface area contributed by atoms with Gasteiger partial charge >= 0.3 is 0 Å². The lowest BCUT2D eigenvalue weighted by Crippen LogP contribution is -2.43. The van der Waals surface area contributed by atoms with Gasteiger partial charge in [-0.1, -0.05) is 0 Å². The summed E-state index contributed by atoms with van der Waals surface area (Å²) < 4.78 is 6.86. The SMILES string of the molecule is CCN(CCC(=O)N1Cc2cn(C)nc2[C@@H](C(N)=O)C1)c1ccc(OC)cc1. The Hall–Kier alpha value is -3.03. The highest BCUT2D eigenvalue weighted by Gasteiger charge is 2.33. The molecule has 0 unspecified atom stereocenters. The van der Waals surface area contributed by atoms with Gasteiger partial charge in [0.15, 0.2) is 0 Å². The van der Waals surface area contributed by atoms with Gasteiger partial charge in [0, 0.05) is 57.1 Å². The Morgan fingerprint density at radius 1 is 1.32 bits per heavy atom. The number of benzene rings is 1. The third-order valence-electron chi connectivity index (χ3n) is 5.14. The third kappa shape index (κ3) is 4.11. The van der Waals surface area contributed by atoms with Crippen molar-refractivity contribution in [3.63, 3.8) is 0 Å². The van der Waals surface area contributed by atoms with E-state index in [0.29, 0.717) is 25.2 Å². The Labute approximate surface area is 164 Å². The first kappa shape index (κ1) is 19.7. The highest BCUT2D eigenvalue weighted by atomic mass is 16.5. The molecule has 3 rings (SSSR count). The molecule has 1 aromatic carbocycles. The lowest BCUT2D eigenvalue weighted by Gasteiger charge is -2.31. The van der Waals surface area contributed by atoms with E-state index in [4.69, 9.17) is 10.5 Å². The van der Waals surface area contributed by atoms with Gasteiger partial charge in [-0.05, 0) is 31.2 Å². The number of primary amides is 1. The zero-order valence-electron chi connectivity index (χ0n) is 16.6. The number of amides is 2. The molecule has 0 saturated heterocycles. The van der Waals surface area contributed by atoms with Crippen molar-refractivity contribution in [2.45, 2.75) is 25.8 Å². The molecule has 1 aromatic heterocycles. The van der Waals surface area contributed by atoms with Gasteiger partial charge < -0.3 is 20.3 Å². The number of nitrogens with two attached hydrogens (primary N) is 1. The van der Waals surface area contributed by atoms with Crippen LogP contribution in [-0.4, -0.2) is 53.2 Å². The van der Waals surface area contributed by atoms with E-state index in [1.54, 1.807) is 23.7 Å². The predicted octanol–water partition coefficient (Wildman–Crippen LogP) is 1.26. The lowest BCUT2D eigenvalue weighted by atomic mass is 9.95. The number of aryl methyl sites for hydroxylation is 1. The molecule has 2 aromatic rings. The average Bonchev–Trinajstić information content (AvgIpc) is 3.07. The number of nitrogens with zero attached hydrogens (tertiary/aromatic N) is 4. The van der Waals surface area contributed by atoms with Crippen LogP contribution in [0.4, 0.5) is 5.69 Å². The fourth-order valence-electron chi connectivity index (χ4n) is 3.61. The van der Waals surface area contributed by atoms with Crippen LogP contribution in [0.15, 0.2) is 30.5 Å². The van der Waals surface area contributed by atoms with E-state index in [1.807, 2.05) is 30.5 Å². The van der Waals surface area contributed by atoms with Gasteiger partial charge in [0.05, 0.1) is 18.7 Å². The quantitative estimate of drug-likeness (QED) is 0.774. The van der Waals surface area contributed by atoms with E-state index in [2.05, 4.69) is 16.9 Å². The second-order valence-corrected chi connectivity index (χ2v) is 6.97. The minimum absolute atomic E-state index is 0.00714. The summed E-state index contributed by atoms with van der Waals surface area (Å²) in [5.74, 6) is -0.203. The summed E-state index contributed by atoms with van der Waals surface area (Å²) in [6.45, 7) is 4.18. The number of ether oxygens (including phenoxy) is 1. The molecule has 1 aliphatic rings. The van der Waals surface area contributed by atoms with Gasteiger partial charge in [0.1, 0.15) is 5.75 Å². The number of carbonyl (C=O) groups excluding carboxylic acids is 2. The van der Waals surface area contributed by atoms with Crippen molar-refractivity contribution in [3.8, 4) is 5.75 Å². The first-order valence-electron chi connectivity index (χ1n) is 9.41. The fourth-order valence-corrected chi connectivity index (χ4v) is 3.61. The highest BCUT2D eigenvalue weighted by molar-refractivity contribution is 5.84. The van der Waals surface area contributed by atoms with E-state index in [1.165, 1.54) is 0 Å². The largest absolute Gasteiger partial charge is 0.497 e. The van der Waals surface area contributed by atoms with E-state index < -0.39 is 11.8 Å². The second-order valence-electron chi connectivity index (χ2n) is 6.97. The molecule has 2 heterocycles. The minimum Gasteiger partial charge on any atom is -0.497 e. The second kappa shape index (κ2) is 8.33. The Kier molecular flexibility index (Phi) is 5.87. The molecule has 0 fully saturated rings. The van der Waals surface area contributed by atoms with Gasteiger partial charge in [0.2, 0.25) is 11.8 Å². The van der Waals surface area contributed by atoms with Crippen molar-refractivity contribution in [2.75, 3.05) is 31.6 Å². The number of rotatable bonds is 7. The van der Waals surface area contributed by atoms with Crippen LogP contribution in [0.3, 0.4) is 0 Å². The topological polar surface area (TPSA) is 93.7 Å². The average molecular weight is 385 g/mol. The molecule has 8 heteroatoms. The standard InChI is InChI=1S/C20H27N5O3/c1-4-24(15-5-7-16(28-3)8-6-15)10-9-18(26)25-12-14-11-23(2)22-19(14)17(13-25)20(21)27/h5-8,11,17H,4,9-10,12-13H2,1-3H3,(H2,21,27)/t17-/m0/s1. The minimum atomic E-state index is -0.558. The van der Waals surface area contributed by atoms with Gasteiger partial charge in [-0.25, -0.2) is 0 Å². The zero-order chi connectivity index (χ0) is 20.3. The first-order valence-corrected chi connectivity index (χ1v) is 9.41. The normalized spacial score (nSPS) is 15.8. The summed E-state index contributed by atoms with van der Waals surface area (Å²) >= 11 is 0. The molecular weight excluding hydrogens is 358 g/mol. The summed E-state index contributed by atoms with van der Waals surface area (Å²) in [7, 11) is 3.44. The van der Waals surface area contributed by atoms with E-state index in [0.717, 1.165) is 23.5 Å². The Morgan fingerprint density at radius 2 is 2.04 bits per heavy atom. The van der Waals surface area contributed by atoms with Gasteiger partial charge in [-0.2, -0.15) is 5.10 Å². The first-order chi connectivity index (χ1) is 13.4. The van der Waals surface area contributed by atoms with Crippen LogP contribution in [-0.2, 0) is 23.2 Å². The van der Waals surface area contributed by atoms with Crippen molar-refractivity contribution >= 4 is 17.5 Å². The summed E-state index contributed by atoms with van der Waals surface area (Å²) in [4.78, 5) is 28.5. The van der Waals surface area contributed by atoms with Gasteiger partial charge in [-0.15, -0.1) is 0 Å².